The first-order chi connectivity index (χ1) is 5.11. The van der Waals surface area contributed by atoms with Crippen molar-refractivity contribution in [2.24, 2.45) is 5.73 Å². The van der Waals surface area contributed by atoms with E-state index in [4.69, 9.17) is 5.73 Å². The number of nitrogens with zero attached hydrogens (tertiary/aromatic N) is 1. The predicted octanol–water partition coefficient (Wildman–Crippen LogP) is -0.210. The van der Waals surface area contributed by atoms with Gasteiger partial charge in [0, 0.05) is 25.7 Å². The Kier molecular flexibility index (Phi) is 2.52. The Morgan fingerprint density at radius 1 is 1.64 bits per heavy atom. The average molecular weight is 158 g/mol. The van der Waals surface area contributed by atoms with E-state index in [1.54, 1.807) is 0 Å². The molecule has 1 fully saturated rings. The van der Waals surface area contributed by atoms with Gasteiger partial charge in [-0.3, -0.25) is 4.90 Å². The molecule has 3 nitrogen and oxygen atoms in total. The van der Waals surface area contributed by atoms with Crippen molar-refractivity contribution < 1.29 is 5.11 Å². The fourth-order valence-electron chi connectivity index (χ4n) is 1.39. The van der Waals surface area contributed by atoms with Gasteiger partial charge >= 0.3 is 0 Å². The van der Waals surface area contributed by atoms with Gasteiger partial charge in [0.25, 0.3) is 0 Å². The molecule has 11 heavy (non-hydrogen) atoms. The van der Waals surface area contributed by atoms with E-state index in [1.165, 1.54) is 0 Å². The summed E-state index contributed by atoms with van der Waals surface area (Å²) in [7, 11) is 0. The maximum absolute atomic E-state index is 9.65. The van der Waals surface area contributed by atoms with E-state index in [0.29, 0.717) is 12.6 Å². The van der Waals surface area contributed by atoms with E-state index >= 15 is 0 Å². The molecule has 1 aliphatic rings. The molecule has 1 heterocycles. The second kappa shape index (κ2) is 3.09. The lowest BCUT2D eigenvalue weighted by molar-refractivity contribution is -0.113. The van der Waals surface area contributed by atoms with E-state index in [9.17, 15) is 5.11 Å². The van der Waals surface area contributed by atoms with Crippen LogP contribution in [-0.4, -0.2) is 41.3 Å². The van der Waals surface area contributed by atoms with Gasteiger partial charge in [0.05, 0.1) is 5.60 Å². The Morgan fingerprint density at radius 3 is 2.55 bits per heavy atom. The number of β-amino-alcohol motifs (C(OH)–C–C–N with tert-alkyl or cyclic N) is 1. The molecule has 3 heteroatoms. The van der Waals surface area contributed by atoms with Crippen LogP contribution in [0.25, 0.3) is 0 Å². The lowest BCUT2D eigenvalue weighted by atomic mass is 9.90. The van der Waals surface area contributed by atoms with Gasteiger partial charge in [-0.05, 0) is 13.3 Å². The standard InChI is InChI=1S/C8H18N2O/c1-3-8(11)5-10(6-8)7(2)4-9/h7,11H,3-6,9H2,1-2H3. The molecule has 0 bridgehead atoms. The summed E-state index contributed by atoms with van der Waals surface area (Å²) < 4.78 is 0. The van der Waals surface area contributed by atoms with Crippen molar-refractivity contribution in [3.05, 3.63) is 0 Å². The third kappa shape index (κ3) is 1.72. The van der Waals surface area contributed by atoms with Crippen molar-refractivity contribution >= 4 is 0 Å². The fraction of sp³-hybridized carbons (Fsp3) is 1.00. The van der Waals surface area contributed by atoms with Gasteiger partial charge in [-0.2, -0.15) is 0 Å². The van der Waals surface area contributed by atoms with Crippen molar-refractivity contribution in [2.45, 2.75) is 31.9 Å². The highest BCUT2D eigenvalue weighted by Crippen LogP contribution is 2.25. The van der Waals surface area contributed by atoms with Crippen molar-refractivity contribution in [1.82, 2.24) is 4.90 Å². The Bertz CT molecular complexity index is 132. The van der Waals surface area contributed by atoms with E-state index in [0.717, 1.165) is 19.5 Å². The summed E-state index contributed by atoms with van der Waals surface area (Å²) in [5.41, 5.74) is 5.08. The van der Waals surface area contributed by atoms with Crippen molar-refractivity contribution in [2.75, 3.05) is 19.6 Å². The van der Waals surface area contributed by atoms with Gasteiger partial charge in [0.15, 0.2) is 0 Å². The quantitative estimate of drug-likeness (QED) is 0.597. The molecule has 1 aliphatic heterocycles. The van der Waals surface area contributed by atoms with Crippen LogP contribution in [0.4, 0.5) is 0 Å². The van der Waals surface area contributed by atoms with Crippen LogP contribution in [-0.2, 0) is 0 Å². The number of hydrogen-bond acceptors (Lipinski definition) is 3. The number of rotatable bonds is 3. The third-order valence-corrected chi connectivity index (χ3v) is 2.62. The zero-order valence-electron chi connectivity index (χ0n) is 7.38. The van der Waals surface area contributed by atoms with E-state index in [-0.39, 0.29) is 0 Å². The predicted molar refractivity (Wildman–Crippen MR) is 45.3 cm³/mol. The Hall–Kier alpha value is -0.120. The molecule has 0 aromatic carbocycles. The molecule has 0 spiro atoms. The number of hydrogen-bond donors (Lipinski definition) is 2. The molecule has 1 rings (SSSR count). The largest absolute Gasteiger partial charge is 0.387 e. The summed E-state index contributed by atoms with van der Waals surface area (Å²) in [6.07, 6.45) is 0.848. The van der Waals surface area contributed by atoms with Crippen molar-refractivity contribution in [3.8, 4) is 0 Å². The zero-order chi connectivity index (χ0) is 8.48. The highest BCUT2D eigenvalue weighted by Gasteiger charge is 2.40. The SMILES string of the molecule is CCC1(O)CN(C(C)CN)C1. The first-order valence-electron chi connectivity index (χ1n) is 4.28. The van der Waals surface area contributed by atoms with Gasteiger partial charge in [0.1, 0.15) is 0 Å². The minimum atomic E-state index is -0.413. The number of aliphatic hydroxyl groups is 1. The van der Waals surface area contributed by atoms with Gasteiger partial charge in [-0.25, -0.2) is 0 Å². The monoisotopic (exact) mass is 158 g/mol. The number of nitrogens with two attached hydrogens (primary N) is 1. The topological polar surface area (TPSA) is 49.5 Å². The second-order valence-corrected chi connectivity index (χ2v) is 3.57. The molecule has 0 saturated carbocycles. The minimum absolute atomic E-state index is 0.413. The molecule has 0 aliphatic carbocycles. The molecule has 1 saturated heterocycles. The lowest BCUT2D eigenvalue weighted by Crippen LogP contribution is -2.64. The van der Waals surface area contributed by atoms with Crippen molar-refractivity contribution in [3.63, 3.8) is 0 Å². The van der Waals surface area contributed by atoms with Crippen LogP contribution in [0.5, 0.6) is 0 Å². The molecule has 0 radical (unpaired) electrons. The molecular formula is C8H18N2O. The van der Waals surface area contributed by atoms with Crippen LogP contribution in [0.1, 0.15) is 20.3 Å². The van der Waals surface area contributed by atoms with Crippen LogP contribution in [0.3, 0.4) is 0 Å². The summed E-state index contributed by atoms with van der Waals surface area (Å²) >= 11 is 0. The average Bonchev–Trinajstić information content (AvgIpc) is 1.97. The van der Waals surface area contributed by atoms with Crippen LogP contribution >= 0.6 is 0 Å². The Balaban J connectivity index is 2.28. The summed E-state index contributed by atoms with van der Waals surface area (Å²) in [4.78, 5) is 2.21. The molecule has 0 amide bonds. The lowest BCUT2D eigenvalue weighted by Gasteiger charge is -2.49. The maximum Gasteiger partial charge on any atom is 0.0897 e. The molecule has 66 valence electrons. The van der Waals surface area contributed by atoms with Crippen LogP contribution in [0.2, 0.25) is 0 Å². The highest BCUT2D eigenvalue weighted by atomic mass is 16.3. The van der Waals surface area contributed by atoms with Crippen LogP contribution < -0.4 is 5.73 Å². The zero-order valence-corrected chi connectivity index (χ0v) is 7.38. The molecule has 0 aromatic heterocycles. The summed E-state index contributed by atoms with van der Waals surface area (Å²) in [6, 6.07) is 0.418. The van der Waals surface area contributed by atoms with Crippen LogP contribution in [0, 0.1) is 0 Å². The second-order valence-electron chi connectivity index (χ2n) is 3.57. The first-order valence-corrected chi connectivity index (χ1v) is 4.28. The van der Waals surface area contributed by atoms with Gasteiger partial charge in [-0.15, -0.1) is 0 Å². The summed E-state index contributed by atoms with van der Waals surface area (Å²) in [5, 5.41) is 9.65. The molecule has 0 aromatic rings. The molecule has 3 N–H and O–H groups in total. The molecule has 1 atom stereocenters. The molecular weight excluding hydrogens is 140 g/mol. The maximum atomic E-state index is 9.65. The van der Waals surface area contributed by atoms with E-state index in [1.807, 2.05) is 6.92 Å². The molecule has 1 unspecified atom stereocenters. The number of likely N-dealkylation sites (tertiary alicyclic amines) is 1. The van der Waals surface area contributed by atoms with E-state index < -0.39 is 5.60 Å². The summed E-state index contributed by atoms with van der Waals surface area (Å²) in [5.74, 6) is 0. The van der Waals surface area contributed by atoms with E-state index in [2.05, 4.69) is 11.8 Å². The highest BCUT2D eigenvalue weighted by molar-refractivity contribution is 4.96. The fourth-order valence-corrected chi connectivity index (χ4v) is 1.39. The van der Waals surface area contributed by atoms with Gasteiger partial charge in [-0.1, -0.05) is 6.92 Å². The third-order valence-electron chi connectivity index (χ3n) is 2.62. The van der Waals surface area contributed by atoms with Gasteiger partial charge < -0.3 is 10.8 Å². The smallest absolute Gasteiger partial charge is 0.0897 e. The first kappa shape index (κ1) is 8.97. The van der Waals surface area contributed by atoms with Crippen LogP contribution in [0.15, 0.2) is 0 Å². The van der Waals surface area contributed by atoms with Crippen molar-refractivity contribution in [1.29, 1.82) is 0 Å². The minimum Gasteiger partial charge on any atom is -0.387 e. The van der Waals surface area contributed by atoms with Gasteiger partial charge in [0.2, 0.25) is 0 Å². The Labute approximate surface area is 68.2 Å². The summed E-state index contributed by atoms with van der Waals surface area (Å²) in [6.45, 7) is 6.38. The Morgan fingerprint density at radius 2 is 2.18 bits per heavy atom. The normalized spacial score (nSPS) is 26.2.